The number of aryl methyl sites for hydroxylation is 1. The molecular formula is C32H52N5O+. The number of aromatic nitrogens is 5. The average Bonchev–Trinajstić information content (AvgIpc) is 3.66. The van der Waals surface area contributed by atoms with Gasteiger partial charge in [-0.3, -0.25) is 4.68 Å². The molecule has 4 rings (SSSR count). The summed E-state index contributed by atoms with van der Waals surface area (Å²) in [6.07, 6.45) is 22.8. The summed E-state index contributed by atoms with van der Waals surface area (Å²) < 4.78 is 12.9. The van der Waals surface area contributed by atoms with Crippen molar-refractivity contribution in [2.75, 3.05) is 6.61 Å². The lowest BCUT2D eigenvalue weighted by atomic mass is 10.1. The van der Waals surface area contributed by atoms with Crippen LogP contribution < -0.4 is 9.30 Å². The molecule has 0 amide bonds. The van der Waals surface area contributed by atoms with E-state index in [4.69, 9.17) is 4.74 Å². The molecule has 1 aromatic carbocycles. The van der Waals surface area contributed by atoms with Gasteiger partial charge in [0.15, 0.2) is 11.0 Å². The Morgan fingerprint density at radius 2 is 1.55 bits per heavy atom. The first-order valence-electron chi connectivity index (χ1n) is 15.6. The Balaban J connectivity index is 1.01. The predicted octanol–water partition coefficient (Wildman–Crippen LogP) is 8.32. The van der Waals surface area contributed by atoms with E-state index in [-0.39, 0.29) is 0 Å². The first-order chi connectivity index (χ1) is 18.5. The van der Waals surface area contributed by atoms with E-state index >= 15 is 0 Å². The van der Waals surface area contributed by atoms with Gasteiger partial charge in [-0.15, -0.1) is 5.10 Å². The molecule has 0 N–H and O–H groups in total. The molecule has 6 nitrogen and oxygen atoms in total. The maximum absolute atomic E-state index is 6.13. The van der Waals surface area contributed by atoms with E-state index in [1.54, 1.807) is 0 Å². The minimum atomic E-state index is 0.432. The van der Waals surface area contributed by atoms with Crippen molar-refractivity contribution in [2.24, 2.45) is 0 Å². The highest BCUT2D eigenvalue weighted by Crippen LogP contribution is 2.32. The van der Waals surface area contributed by atoms with Crippen molar-refractivity contribution in [1.29, 1.82) is 0 Å². The molecular weight excluding hydrogens is 470 g/mol. The molecule has 1 fully saturated rings. The fourth-order valence-electron chi connectivity index (χ4n) is 5.91. The van der Waals surface area contributed by atoms with Gasteiger partial charge in [0.1, 0.15) is 5.75 Å². The Bertz CT molecular complexity index is 1090. The summed E-state index contributed by atoms with van der Waals surface area (Å²) in [7, 11) is 0. The Labute approximate surface area is 230 Å². The van der Waals surface area contributed by atoms with Crippen molar-refractivity contribution >= 4 is 11.0 Å². The third-order valence-electron chi connectivity index (χ3n) is 8.24. The minimum Gasteiger partial charge on any atom is -0.493 e. The average molecular weight is 523 g/mol. The zero-order valence-electron chi connectivity index (χ0n) is 24.6. The summed E-state index contributed by atoms with van der Waals surface area (Å²) >= 11 is 0. The van der Waals surface area contributed by atoms with Crippen LogP contribution in [0.3, 0.4) is 0 Å². The summed E-state index contributed by atoms with van der Waals surface area (Å²) in [5.74, 6) is 1.67. The molecule has 3 aromatic rings. The molecule has 1 aliphatic carbocycles. The standard InChI is InChI=1S/C32H52N5O/c1-26(2)36-25-37(27(3)4)32-23-29(19-20-31(32)36)38-22-16-12-10-8-6-5-7-9-11-15-21-35-24-30(33-34-35)28-17-13-14-18-28/h19-20,23-28H,5-18,21-22H2,1-4H3/q+1. The molecule has 0 aliphatic heterocycles. The van der Waals surface area contributed by atoms with Crippen molar-refractivity contribution in [3.05, 3.63) is 36.4 Å². The van der Waals surface area contributed by atoms with E-state index in [0.29, 0.717) is 18.0 Å². The van der Waals surface area contributed by atoms with Crippen LogP contribution in [0, 0.1) is 0 Å². The van der Waals surface area contributed by atoms with Crippen molar-refractivity contribution in [3.63, 3.8) is 0 Å². The third-order valence-corrected chi connectivity index (χ3v) is 8.24. The predicted molar refractivity (Wildman–Crippen MR) is 156 cm³/mol. The second-order valence-corrected chi connectivity index (χ2v) is 12.0. The molecule has 210 valence electrons. The van der Waals surface area contributed by atoms with Crippen LogP contribution in [-0.2, 0) is 6.54 Å². The zero-order valence-corrected chi connectivity index (χ0v) is 24.6. The van der Waals surface area contributed by atoms with E-state index in [0.717, 1.165) is 25.3 Å². The minimum absolute atomic E-state index is 0.432. The van der Waals surface area contributed by atoms with E-state index in [9.17, 15) is 0 Å². The number of imidazole rings is 1. The highest BCUT2D eigenvalue weighted by atomic mass is 16.5. The van der Waals surface area contributed by atoms with Crippen molar-refractivity contribution in [1.82, 2.24) is 19.6 Å². The number of benzene rings is 1. The Morgan fingerprint density at radius 1 is 0.895 bits per heavy atom. The van der Waals surface area contributed by atoms with E-state index in [1.807, 2.05) is 0 Å². The third kappa shape index (κ3) is 8.07. The fourth-order valence-corrected chi connectivity index (χ4v) is 5.91. The number of hydrogen-bond donors (Lipinski definition) is 0. The Morgan fingerprint density at radius 3 is 2.21 bits per heavy atom. The first kappa shape index (κ1) is 28.6. The number of rotatable bonds is 17. The van der Waals surface area contributed by atoms with Gasteiger partial charge >= 0.3 is 0 Å². The van der Waals surface area contributed by atoms with E-state index in [1.165, 1.54) is 100 Å². The molecule has 0 spiro atoms. The van der Waals surface area contributed by atoms with Gasteiger partial charge in [-0.05, 0) is 65.5 Å². The number of hydrogen-bond acceptors (Lipinski definition) is 3. The molecule has 2 aromatic heterocycles. The van der Waals surface area contributed by atoms with Crippen molar-refractivity contribution < 1.29 is 9.30 Å². The topological polar surface area (TPSA) is 48.8 Å². The zero-order chi connectivity index (χ0) is 26.7. The number of ether oxygens (including phenoxy) is 1. The highest BCUT2D eigenvalue weighted by molar-refractivity contribution is 5.74. The van der Waals surface area contributed by atoms with Gasteiger partial charge < -0.3 is 4.74 Å². The SMILES string of the molecule is CC(C)n1c[n+](C(C)C)c2ccc(OCCCCCCCCCCCCn3cc(C4CCCC4)nn3)cc21. The summed E-state index contributed by atoms with van der Waals surface area (Å²) in [5.41, 5.74) is 3.77. The molecule has 38 heavy (non-hydrogen) atoms. The lowest BCUT2D eigenvalue weighted by Gasteiger charge is -2.07. The van der Waals surface area contributed by atoms with Crippen LogP contribution in [0.2, 0.25) is 0 Å². The van der Waals surface area contributed by atoms with Crippen LogP contribution >= 0.6 is 0 Å². The molecule has 0 saturated heterocycles. The van der Waals surface area contributed by atoms with Crippen LogP contribution in [0.4, 0.5) is 0 Å². The van der Waals surface area contributed by atoms with Crippen LogP contribution in [0.15, 0.2) is 30.7 Å². The van der Waals surface area contributed by atoms with Crippen LogP contribution in [-0.4, -0.2) is 26.2 Å². The normalized spacial score (nSPS) is 14.5. The molecule has 1 saturated carbocycles. The van der Waals surface area contributed by atoms with E-state index < -0.39 is 0 Å². The van der Waals surface area contributed by atoms with Gasteiger partial charge in [0, 0.05) is 24.7 Å². The second-order valence-electron chi connectivity index (χ2n) is 12.0. The van der Waals surface area contributed by atoms with Gasteiger partial charge in [-0.25, -0.2) is 9.13 Å². The molecule has 0 atom stereocenters. The van der Waals surface area contributed by atoms with Crippen LogP contribution in [0.1, 0.15) is 141 Å². The van der Waals surface area contributed by atoms with Gasteiger partial charge in [-0.2, -0.15) is 0 Å². The summed E-state index contributed by atoms with van der Waals surface area (Å²) in [4.78, 5) is 0. The lowest BCUT2D eigenvalue weighted by Crippen LogP contribution is -2.34. The van der Waals surface area contributed by atoms with Gasteiger partial charge in [0.2, 0.25) is 6.33 Å². The van der Waals surface area contributed by atoms with Crippen molar-refractivity contribution in [2.45, 2.75) is 142 Å². The molecule has 2 heterocycles. The lowest BCUT2D eigenvalue weighted by molar-refractivity contribution is -0.692. The smallest absolute Gasteiger partial charge is 0.245 e. The monoisotopic (exact) mass is 522 g/mol. The van der Waals surface area contributed by atoms with Gasteiger partial charge in [-0.1, -0.05) is 69.4 Å². The second kappa shape index (κ2) is 14.7. The maximum Gasteiger partial charge on any atom is 0.245 e. The quantitative estimate of drug-likeness (QED) is 0.132. The fraction of sp³-hybridized carbons (Fsp3) is 0.719. The van der Waals surface area contributed by atoms with Crippen LogP contribution in [0.5, 0.6) is 5.75 Å². The summed E-state index contributed by atoms with van der Waals surface area (Å²) in [6, 6.07) is 7.44. The van der Waals surface area contributed by atoms with Crippen molar-refractivity contribution in [3.8, 4) is 5.75 Å². The largest absolute Gasteiger partial charge is 0.493 e. The van der Waals surface area contributed by atoms with Crippen LogP contribution in [0.25, 0.3) is 11.0 Å². The Kier molecular flexibility index (Phi) is 11.1. The maximum atomic E-state index is 6.13. The molecule has 0 unspecified atom stereocenters. The van der Waals surface area contributed by atoms with Gasteiger partial charge in [0.05, 0.1) is 24.4 Å². The van der Waals surface area contributed by atoms with E-state index in [2.05, 4.69) is 82.5 Å². The summed E-state index contributed by atoms with van der Waals surface area (Å²) in [6.45, 7) is 10.8. The number of unbranched alkanes of at least 4 members (excludes halogenated alkanes) is 9. The Hall–Kier alpha value is -2.37. The van der Waals surface area contributed by atoms with Gasteiger partial charge in [0.25, 0.3) is 0 Å². The number of nitrogens with zero attached hydrogens (tertiary/aromatic N) is 5. The highest BCUT2D eigenvalue weighted by Gasteiger charge is 2.21. The molecule has 6 heteroatoms. The molecule has 0 bridgehead atoms. The molecule has 0 radical (unpaired) electrons. The summed E-state index contributed by atoms with van der Waals surface area (Å²) in [5, 5.41) is 8.77. The number of fused-ring (bicyclic) bond motifs is 1. The molecule has 1 aliphatic rings. The first-order valence-corrected chi connectivity index (χ1v) is 15.6.